The molecule has 1 aliphatic carbocycles. The molecule has 0 aliphatic heterocycles. The second-order valence-electron chi connectivity index (χ2n) is 6.95. The van der Waals surface area contributed by atoms with Gasteiger partial charge in [0.2, 0.25) is 0 Å². The molecule has 0 radical (unpaired) electrons. The molecular formula is C23H19N3O3. The first kappa shape index (κ1) is 17.3. The van der Waals surface area contributed by atoms with Crippen molar-refractivity contribution in [1.29, 1.82) is 0 Å². The predicted molar refractivity (Wildman–Crippen MR) is 110 cm³/mol. The Morgan fingerprint density at radius 1 is 0.931 bits per heavy atom. The van der Waals surface area contributed by atoms with Crippen LogP contribution < -0.4 is 9.47 Å². The lowest BCUT2D eigenvalue weighted by Gasteiger charge is -2.10. The van der Waals surface area contributed by atoms with E-state index in [4.69, 9.17) is 9.47 Å². The Morgan fingerprint density at radius 3 is 2.34 bits per heavy atom. The van der Waals surface area contributed by atoms with Crippen molar-refractivity contribution in [2.45, 2.75) is 6.42 Å². The highest BCUT2D eigenvalue weighted by Crippen LogP contribution is 2.44. The van der Waals surface area contributed by atoms with Gasteiger partial charge < -0.3 is 14.6 Å². The lowest BCUT2D eigenvalue weighted by Crippen LogP contribution is -1.93. The zero-order valence-electron chi connectivity index (χ0n) is 16.1. The van der Waals surface area contributed by atoms with Crippen LogP contribution >= 0.6 is 0 Å². The highest BCUT2D eigenvalue weighted by Gasteiger charge is 2.27. The Labute approximate surface area is 167 Å². The van der Waals surface area contributed by atoms with Gasteiger partial charge in [-0.25, -0.2) is 0 Å². The maximum absolute atomic E-state index is 9.45. The minimum Gasteiger partial charge on any atom is -0.508 e. The van der Waals surface area contributed by atoms with Crippen LogP contribution in [0.1, 0.15) is 11.1 Å². The first-order valence-corrected chi connectivity index (χ1v) is 9.26. The SMILES string of the molecule is COc1cc2c(cc1OC)-c1[nH]nc(-c3ccc(-c4ccc(O)cc4)nc3)c1C2. The van der Waals surface area contributed by atoms with E-state index in [1.807, 2.05) is 42.6 Å². The van der Waals surface area contributed by atoms with Gasteiger partial charge >= 0.3 is 0 Å². The number of ether oxygens (including phenoxy) is 2. The molecule has 0 saturated carbocycles. The first-order valence-electron chi connectivity index (χ1n) is 9.26. The molecule has 2 aromatic heterocycles. The maximum Gasteiger partial charge on any atom is 0.161 e. The summed E-state index contributed by atoms with van der Waals surface area (Å²) in [5.74, 6) is 1.67. The third-order valence-corrected chi connectivity index (χ3v) is 5.31. The van der Waals surface area contributed by atoms with Gasteiger partial charge in [-0.15, -0.1) is 0 Å². The lowest BCUT2D eigenvalue weighted by atomic mass is 10.1. The Balaban J connectivity index is 1.50. The van der Waals surface area contributed by atoms with Crippen LogP contribution in [0.3, 0.4) is 0 Å². The van der Waals surface area contributed by atoms with Crippen molar-refractivity contribution in [3.63, 3.8) is 0 Å². The van der Waals surface area contributed by atoms with Crippen molar-refractivity contribution in [2.24, 2.45) is 0 Å². The summed E-state index contributed by atoms with van der Waals surface area (Å²) in [6.07, 6.45) is 2.61. The van der Waals surface area contributed by atoms with Gasteiger partial charge in [0.15, 0.2) is 11.5 Å². The maximum atomic E-state index is 9.45. The van der Waals surface area contributed by atoms with E-state index < -0.39 is 0 Å². The Morgan fingerprint density at radius 2 is 1.66 bits per heavy atom. The smallest absolute Gasteiger partial charge is 0.161 e. The summed E-state index contributed by atoms with van der Waals surface area (Å²) in [6, 6.07) is 15.0. The van der Waals surface area contributed by atoms with E-state index >= 15 is 0 Å². The average Bonchev–Trinajstić information content (AvgIpc) is 3.32. The Kier molecular flexibility index (Phi) is 3.98. The second-order valence-corrected chi connectivity index (χ2v) is 6.95. The van der Waals surface area contributed by atoms with Crippen LogP contribution in [0, 0.1) is 0 Å². The standard InChI is InChI=1S/C23H19N3O3/c1-28-20-10-15-9-18-22(25-26-23(18)17(15)11-21(20)29-2)14-5-8-19(24-12-14)13-3-6-16(27)7-4-13/h3-8,10-12,27H,9H2,1-2H3,(H,25,26). The molecule has 5 rings (SSSR count). The molecule has 6 heteroatoms. The number of aromatic hydroxyl groups is 1. The van der Waals surface area contributed by atoms with Crippen molar-refractivity contribution in [3.8, 4) is 51.0 Å². The molecule has 2 N–H and O–H groups in total. The van der Waals surface area contributed by atoms with Crippen molar-refractivity contribution in [1.82, 2.24) is 15.2 Å². The van der Waals surface area contributed by atoms with Crippen molar-refractivity contribution >= 4 is 0 Å². The number of aromatic nitrogens is 3. The molecule has 0 saturated heterocycles. The van der Waals surface area contributed by atoms with E-state index in [-0.39, 0.29) is 5.75 Å². The number of hydrogen-bond donors (Lipinski definition) is 2. The molecule has 0 atom stereocenters. The third-order valence-electron chi connectivity index (χ3n) is 5.31. The summed E-state index contributed by atoms with van der Waals surface area (Å²) in [7, 11) is 3.28. The average molecular weight is 385 g/mol. The largest absolute Gasteiger partial charge is 0.508 e. The van der Waals surface area contributed by atoms with Gasteiger partial charge in [0.05, 0.1) is 31.3 Å². The number of nitrogens with zero attached hydrogens (tertiary/aromatic N) is 2. The van der Waals surface area contributed by atoms with Crippen LogP contribution in [0.25, 0.3) is 33.8 Å². The number of phenols is 1. The van der Waals surface area contributed by atoms with E-state index in [1.54, 1.807) is 26.4 Å². The number of pyridine rings is 1. The van der Waals surface area contributed by atoms with Crippen molar-refractivity contribution < 1.29 is 14.6 Å². The lowest BCUT2D eigenvalue weighted by molar-refractivity contribution is 0.355. The summed E-state index contributed by atoms with van der Waals surface area (Å²) in [5, 5.41) is 17.2. The summed E-state index contributed by atoms with van der Waals surface area (Å²) in [6.45, 7) is 0. The second kappa shape index (κ2) is 6.67. The van der Waals surface area contributed by atoms with Gasteiger partial charge in [-0.1, -0.05) is 0 Å². The predicted octanol–water partition coefficient (Wildman–Crippen LogP) is 4.43. The molecular weight excluding hydrogens is 366 g/mol. The number of hydrogen-bond acceptors (Lipinski definition) is 5. The van der Waals surface area contributed by atoms with E-state index in [2.05, 4.69) is 15.2 Å². The van der Waals surface area contributed by atoms with Crippen LogP contribution in [0.5, 0.6) is 17.2 Å². The van der Waals surface area contributed by atoms with Crippen LogP contribution in [-0.2, 0) is 6.42 Å². The molecule has 1 aliphatic rings. The Bertz CT molecular complexity index is 1200. The zero-order valence-corrected chi connectivity index (χ0v) is 16.1. The number of nitrogens with one attached hydrogen (secondary N) is 1. The van der Waals surface area contributed by atoms with Crippen molar-refractivity contribution in [3.05, 3.63) is 65.9 Å². The molecule has 2 aromatic carbocycles. The molecule has 0 unspecified atom stereocenters. The fourth-order valence-corrected chi connectivity index (χ4v) is 3.83. The summed E-state index contributed by atoms with van der Waals surface area (Å²) in [4.78, 5) is 4.59. The number of phenolic OH excluding ortho intramolecular Hbond substituents is 1. The number of H-pyrrole nitrogens is 1. The highest BCUT2D eigenvalue weighted by molar-refractivity contribution is 5.82. The minimum absolute atomic E-state index is 0.241. The highest BCUT2D eigenvalue weighted by atomic mass is 16.5. The summed E-state index contributed by atoms with van der Waals surface area (Å²) < 4.78 is 10.9. The van der Waals surface area contributed by atoms with Crippen LogP contribution in [0.15, 0.2) is 54.7 Å². The van der Waals surface area contributed by atoms with Gasteiger partial charge in [0.25, 0.3) is 0 Å². The number of aromatic amines is 1. The summed E-state index contributed by atoms with van der Waals surface area (Å²) >= 11 is 0. The summed E-state index contributed by atoms with van der Waals surface area (Å²) in [5.41, 5.74) is 8.09. The minimum atomic E-state index is 0.241. The first-order chi connectivity index (χ1) is 14.2. The quantitative estimate of drug-likeness (QED) is 0.478. The molecule has 0 amide bonds. The molecule has 0 spiro atoms. The molecule has 144 valence electrons. The molecule has 0 bridgehead atoms. The number of fused-ring (bicyclic) bond motifs is 3. The molecule has 4 aromatic rings. The zero-order chi connectivity index (χ0) is 20.0. The number of methoxy groups -OCH3 is 2. The van der Waals surface area contributed by atoms with Gasteiger partial charge in [-0.05, 0) is 54.1 Å². The third kappa shape index (κ3) is 2.81. The molecule has 2 heterocycles. The topological polar surface area (TPSA) is 80.3 Å². The molecule has 0 fully saturated rings. The van der Waals surface area contributed by atoms with Crippen LogP contribution in [0.4, 0.5) is 0 Å². The van der Waals surface area contributed by atoms with E-state index in [9.17, 15) is 5.11 Å². The van der Waals surface area contributed by atoms with Crippen molar-refractivity contribution in [2.75, 3.05) is 14.2 Å². The van der Waals surface area contributed by atoms with Gasteiger partial charge in [0, 0.05) is 34.9 Å². The van der Waals surface area contributed by atoms with Crippen LogP contribution in [0.2, 0.25) is 0 Å². The van der Waals surface area contributed by atoms with Gasteiger partial charge in [-0.2, -0.15) is 5.10 Å². The van der Waals surface area contributed by atoms with Gasteiger partial charge in [0.1, 0.15) is 5.75 Å². The molecule has 6 nitrogen and oxygen atoms in total. The normalized spacial score (nSPS) is 11.8. The monoisotopic (exact) mass is 385 g/mol. The van der Waals surface area contributed by atoms with Crippen LogP contribution in [-0.4, -0.2) is 34.5 Å². The van der Waals surface area contributed by atoms with E-state index in [1.165, 1.54) is 5.56 Å². The fraction of sp³-hybridized carbons (Fsp3) is 0.130. The van der Waals surface area contributed by atoms with E-state index in [0.717, 1.165) is 51.5 Å². The number of benzene rings is 2. The molecule has 29 heavy (non-hydrogen) atoms. The van der Waals surface area contributed by atoms with Gasteiger partial charge in [-0.3, -0.25) is 10.1 Å². The van der Waals surface area contributed by atoms with E-state index in [0.29, 0.717) is 5.75 Å². The fourth-order valence-electron chi connectivity index (χ4n) is 3.83. The number of rotatable bonds is 4. The Hall–Kier alpha value is -3.80.